The number of hydrogen-bond donors (Lipinski definition) is 1. The van der Waals surface area contributed by atoms with Crippen molar-refractivity contribution in [3.8, 4) is 11.1 Å². The Morgan fingerprint density at radius 3 is 2.02 bits per heavy atom. The Morgan fingerprint density at radius 1 is 0.446 bits per heavy atom. The molecular formula is C51H33N3O2. The predicted octanol–water partition coefficient (Wildman–Crippen LogP) is 13.0. The Hall–Kier alpha value is -7.50. The van der Waals surface area contributed by atoms with Crippen molar-refractivity contribution >= 4 is 87.9 Å². The van der Waals surface area contributed by atoms with Gasteiger partial charge in [-0.15, -0.1) is 0 Å². The van der Waals surface area contributed by atoms with E-state index in [1.54, 1.807) is 0 Å². The Bertz CT molecular complexity index is 3410. The van der Waals surface area contributed by atoms with Crippen LogP contribution in [-0.2, 0) is 6.54 Å². The molecule has 0 saturated carbocycles. The first-order valence-electron chi connectivity index (χ1n) is 18.8. The molecule has 0 amide bonds. The number of benzene rings is 9. The van der Waals surface area contributed by atoms with Crippen LogP contribution in [0.3, 0.4) is 0 Å². The maximum absolute atomic E-state index is 6.65. The molecule has 11 rings (SSSR count). The Kier molecular flexibility index (Phi) is 7.32. The molecule has 56 heavy (non-hydrogen) atoms. The third kappa shape index (κ3) is 5.24. The molecule has 0 aliphatic carbocycles. The summed E-state index contributed by atoms with van der Waals surface area (Å²) in [6.07, 6.45) is 0. The SMILES string of the molecule is NC(=NC(=NCc1cccc2oc3ccc(-c4cc5c6ccccc6ccc5c5ccccc45)cc3c12)c1ccc2oc3ccccc3c2c1)c1ccccc1. The average Bonchev–Trinajstić information content (AvgIpc) is 3.83. The summed E-state index contributed by atoms with van der Waals surface area (Å²) in [5, 5.41) is 11.6. The topological polar surface area (TPSA) is 77.0 Å². The van der Waals surface area contributed by atoms with E-state index >= 15 is 0 Å². The zero-order chi connectivity index (χ0) is 37.2. The van der Waals surface area contributed by atoms with E-state index in [0.29, 0.717) is 18.2 Å². The predicted molar refractivity (Wildman–Crippen MR) is 233 cm³/mol. The van der Waals surface area contributed by atoms with Gasteiger partial charge >= 0.3 is 0 Å². The molecule has 2 N–H and O–H groups in total. The number of fused-ring (bicyclic) bond motifs is 11. The van der Waals surface area contributed by atoms with Crippen LogP contribution in [-0.4, -0.2) is 11.7 Å². The number of amidine groups is 2. The first-order valence-corrected chi connectivity index (χ1v) is 18.8. The number of furan rings is 2. The number of nitrogens with two attached hydrogens (primary N) is 1. The highest BCUT2D eigenvalue weighted by molar-refractivity contribution is 6.21. The molecule has 0 fully saturated rings. The van der Waals surface area contributed by atoms with Crippen LogP contribution in [0, 0.1) is 0 Å². The lowest BCUT2D eigenvalue weighted by molar-refractivity contribution is 0.668. The molecule has 0 aliphatic rings. The molecular weight excluding hydrogens is 687 g/mol. The van der Waals surface area contributed by atoms with Gasteiger partial charge in [0.05, 0.1) is 6.54 Å². The molecule has 264 valence electrons. The van der Waals surface area contributed by atoms with Crippen molar-refractivity contribution in [2.24, 2.45) is 15.7 Å². The Balaban J connectivity index is 1.07. The van der Waals surface area contributed by atoms with Gasteiger partial charge in [-0.3, -0.25) is 4.99 Å². The van der Waals surface area contributed by atoms with Crippen molar-refractivity contribution in [3.05, 3.63) is 193 Å². The molecule has 0 aliphatic heterocycles. The van der Waals surface area contributed by atoms with Crippen molar-refractivity contribution < 1.29 is 8.83 Å². The molecule has 0 unspecified atom stereocenters. The molecule has 5 nitrogen and oxygen atoms in total. The summed E-state index contributed by atoms with van der Waals surface area (Å²) in [4.78, 5) is 10.2. The summed E-state index contributed by atoms with van der Waals surface area (Å²) >= 11 is 0. The van der Waals surface area contributed by atoms with Gasteiger partial charge in [0.15, 0.2) is 5.84 Å². The average molecular weight is 720 g/mol. The van der Waals surface area contributed by atoms with E-state index in [9.17, 15) is 0 Å². The third-order valence-electron chi connectivity index (χ3n) is 11.0. The molecule has 2 aromatic heterocycles. The van der Waals surface area contributed by atoms with E-state index in [0.717, 1.165) is 66.1 Å². The number of nitrogens with zero attached hydrogens (tertiary/aromatic N) is 2. The highest BCUT2D eigenvalue weighted by Crippen LogP contribution is 2.41. The highest BCUT2D eigenvalue weighted by atomic mass is 16.3. The monoisotopic (exact) mass is 719 g/mol. The standard InChI is InChI=1S/C51H33N3O2/c52-50(32-12-2-1-3-13-32)54-51(34-23-26-46-43(28-34)40-18-8-9-19-45(40)55-46)53-30-35-14-10-20-48-49(35)44-27-33(22-25-47(44)56-48)41-29-42-36-15-5-4-11-31(36)21-24-39(42)37-16-6-7-17-38(37)41/h1-29H,30H2,(H2,52,53,54). The first kappa shape index (κ1) is 32.0. The minimum Gasteiger partial charge on any atom is -0.456 e. The van der Waals surface area contributed by atoms with Crippen LogP contribution >= 0.6 is 0 Å². The summed E-state index contributed by atoms with van der Waals surface area (Å²) in [5.41, 5.74) is 15.0. The van der Waals surface area contributed by atoms with E-state index in [-0.39, 0.29) is 0 Å². The Morgan fingerprint density at radius 2 is 1.12 bits per heavy atom. The Labute approximate surface area is 321 Å². The second-order valence-electron chi connectivity index (χ2n) is 14.3. The second kappa shape index (κ2) is 12.8. The number of aliphatic imine (C=N–C) groups is 2. The molecule has 9 aromatic carbocycles. The van der Waals surface area contributed by atoms with Gasteiger partial charge in [0.2, 0.25) is 0 Å². The maximum Gasteiger partial charge on any atom is 0.157 e. The van der Waals surface area contributed by atoms with Crippen molar-refractivity contribution in [2.75, 3.05) is 0 Å². The van der Waals surface area contributed by atoms with Crippen molar-refractivity contribution in [3.63, 3.8) is 0 Å². The van der Waals surface area contributed by atoms with Crippen LogP contribution in [0.5, 0.6) is 0 Å². The molecule has 5 heteroatoms. The minimum atomic E-state index is 0.367. The van der Waals surface area contributed by atoms with E-state index < -0.39 is 0 Å². The normalized spacial score (nSPS) is 12.6. The summed E-state index contributed by atoms with van der Waals surface area (Å²) in [6, 6.07) is 60.9. The quantitative estimate of drug-likeness (QED) is 0.109. The van der Waals surface area contributed by atoms with E-state index in [2.05, 4.69) is 103 Å². The van der Waals surface area contributed by atoms with E-state index in [1.165, 1.54) is 37.9 Å². The number of para-hydroxylation sites is 1. The fourth-order valence-corrected chi connectivity index (χ4v) is 8.30. The number of hydrogen-bond acceptors (Lipinski definition) is 3. The van der Waals surface area contributed by atoms with Gasteiger partial charge in [0.1, 0.15) is 28.2 Å². The van der Waals surface area contributed by atoms with Gasteiger partial charge < -0.3 is 14.6 Å². The minimum absolute atomic E-state index is 0.367. The van der Waals surface area contributed by atoms with E-state index in [1.807, 2.05) is 72.8 Å². The molecule has 0 atom stereocenters. The summed E-state index contributed by atoms with van der Waals surface area (Å²) in [7, 11) is 0. The van der Waals surface area contributed by atoms with Gasteiger partial charge in [-0.05, 0) is 97.5 Å². The molecule has 0 bridgehead atoms. The first-order chi connectivity index (χ1) is 27.7. The van der Waals surface area contributed by atoms with Gasteiger partial charge in [0.25, 0.3) is 0 Å². The smallest absolute Gasteiger partial charge is 0.157 e. The lowest BCUT2D eigenvalue weighted by Gasteiger charge is -2.13. The summed E-state index contributed by atoms with van der Waals surface area (Å²) in [5.74, 6) is 0.937. The fourth-order valence-electron chi connectivity index (χ4n) is 8.30. The van der Waals surface area contributed by atoms with Gasteiger partial charge in [0, 0.05) is 32.7 Å². The highest BCUT2D eigenvalue weighted by Gasteiger charge is 2.17. The van der Waals surface area contributed by atoms with Crippen molar-refractivity contribution in [2.45, 2.75) is 6.54 Å². The molecule has 2 heterocycles. The van der Waals surface area contributed by atoms with Crippen LogP contribution in [0.4, 0.5) is 0 Å². The van der Waals surface area contributed by atoms with Gasteiger partial charge in [-0.2, -0.15) is 0 Å². The summed E-state index contributed by atoms with van der Waals surface area (Å²) < 4.78 is 12.6. The lowest BCUT2D eigenvalue weighted by Crippen LogP contribution is -2.16. The molecule has 0 saturated heterocycles. The molecule has 0 spiro atoms. The summed E-state index contributed by atoms with van der Waals surface area (Å²) in [6.45, 7) is 0.367. The van der Waals surface area contributed by atoms with Crippen LogP contribution in [0.15, 0.2) is 195 Å². The lowest BCUT2D eigenvalue weighted by atomic mass is 9.90. The van der Waals surface area contributed by atoms with Crippen LogP contribution < -0.4 is 5.73 Å². The molecule has 0 radical (unpaired) electrons. The maximum atomic E-state index is 6.65. The second-order valence-corrected chi connectivity index (χ2v) is 14.3. The zero-order valence-corrected chi connectivity index (χ0v) is 30.2. The molecule has 11 aromatic rings. The van der Waals surface area contributed by atoms with Crippen molar-refractivity contribution in [1.29, 1.82) is 0 Å². The van der Waals surface area contributed by atoms with Crippen LogP contribution in [0.25, 0.3) is 87.3 Å². The number of rotatable bonds is 5. The van der Waals surface area contributed by atoms with Gasteiger partial charge in [-0.25, -0.2) is 4.99 Å². The van der Waals surface area contributed by atoms with Crippen molar-refractivity contribution in [1.82, 2.24) is 0 Å². The largest absolute Gasteiger partial charge is 0.456 e. The van der Waals surface area contributed by atoms with Gasteiger partial charge in [-0.1, -0.05) is 127 Å². The van der Waals surface area contributed by atoms with Crippen LogP contribution in [0.2, 0.25) is 0 Å². The zero-order valence-electron chi connectivity index (χ0n) is 30.2. The van der Waals surface area contributed by atoms with Crippen LogP contribution in [0.1, 0.15) is 16.7 Å². The van der Waals surface area contributed by atoms with E-state index in [4.69, 9.17) is 24.6 Å². The third-order valence-corrected chi connectivity index (χ3v) is 11.0. The fraction of sp³-hybridized carbons (Fsp3) is 0.0196.